The first kappa shape index (κ1) is 17.6. The molecule has 23 heavy (non-hydrogen) atoms. The maximum atomic E-state index is 14.0. The van der Waals surface area contributed by atoms with Gasteiger partial charge in [0.1, 0.15) is 17.0 Å². The lowest BCUT2D eigenvalue weighted by Gasteiger charge is -2.17. The number of hydrogen-bond acceptors (Lipinski definition) is 4. The van der Waals surface area contributed by atoms with Gasteiger partial charge in [0, 0.05) is 12.1 Å². The van der Waals surface area contributed by atoms with Crippen molar-refractivity contribution in [2.45, 2.75) is 52.9 Å². The first-order valence-electron chi connectivity index (χ1n) is 8.48. The van der Waals surface area contributed by atoms with Crippen molar-refractivity contribution in [3.8, 4) is 5.75 Å². The summed E-state index contributed by atoms with van der Waals surface area (Å²) >= 11 is 0. The third-order valence-electron chi connectivity index (χ3n) is 4.10. The summed E-state index contributed by atoms with van der Waals surface area (Å²) in [4.78, 5) is 0. The highest BCUT2D eigenvalue weighted by atomic mass is 19.1. The fourth-order valence-corrected chi connectivity index (χ4v) is 2.85. The molecule has 0 aliphatic carbocycles. The van der Waals surface area contributed by atoms with Crippen molar-refractivity contribution < 1.29 is 13.7 Å². The molecule has 0 aliphatic rings. The number of halogens is 1. The zero-order valence-electron chi connectivity index (χ0n) is 14.3. The molecular weight excluding hydrogens is 295 g/mol. The monoisotopic (exact) mass is 322 g/mol. The highest BCUT2D eigenvalue weighted by Crippen LogP contribution is 2.29. The molecule has 0 fully saturated rings. The van der Waals surface area contributed by atoms with Crippen molar-refractivity contribution in [2.24, 2.45) is 11.8 Å². The highest BCUT2D eigenvalue weighted by Gasteiger charge is 2.15. The Kier molecular flexibility index (Phi) is 6.25. The molecule has 2 aromatic rings. The van der Waals surface area contributed by atoms with Crippen LogP contribution in [0.1, 0.15) is 52.9 Å². The summed E-state index contributed by atoms with van der Waals surface area (Å²) in [5.74, 6) is 1.31. The van der Waals surface area contributed by atoms with Crippen LogP contribution in [0, 0.1) is 17.7 Å². The van der Waals surface area contributed by atoms with Gasteiger partial charge in [0.05, 0.1) is 6.61 Å². The zero-order chi connectivity index (χ0) is 16.8. The standard InChI is InChI=1S/C18H27FN2O2/c1-4-6-13(8-5-7-12(2)3)11-22-14-9-15(19)17-16(10-14)23-21-18(17)20/h9-10,12-13H,4-8,11H2,1-3H3,(H2,20,21). The molecule has 0 radical (unpaired) electrons. The lowest BCUT2D eigenvalue weighted by molar-refractivity contribution is 0.225. The van der Waals surface area contributed by atoms with E-state index >= 15 is 0 Å². The Morgan fingerprint density at radius 1 is 1.26 bits per heavy atom. The fraction of sp³-hybridized carbons (Fsp3) is 0.611. The predicted molar refractivity (Wildman–Crippen MR) is 91.0 cm³/mol. The maximum absolute atomic E-state index is 14.0. The van der Waals surface area contributed by atoms with E-state index in [4.69, 9.17) is 15.0 Å². The van der Waals surface area contributed by atoms with Crippen LogP contribution >= 0.6 is 0 Å². The Hall–Kier alpha value is -1.78. The van der Waals surface area contributed by atoms with E-state index in [-0.39, 0.29) is 11.2 Å². The lowest BCUT2D eigenvalue weighted by atomic mass is 9.95. The summed E-state index contributed by atoms with van der Waals surface area (Å²) in [6.07, 6.45) is 5.84. The Labute approximate surface area is 137 Å². The topological polar surface area (TPSA) is 61.3 Å². The third kappa shape index (κ3) is 4.85. The van der Waals surface area contributed by atoms with Gasteiger partial charge < -0.3 is 15.0 Å². The van der Waals surface area contributed by atoms with Crippen molar-refractivity contribution >= 4 is 16.8 Å². The minimum absolute atomic E-state index is 0.0709. The third-order valence-corrected chi connectivity index (χ3v) is 4.10. The Bertz CT molecular complexity index is 625. The molecule has 1 unspecified atom stereocenters. The second-order valence-corrected chi connectivity index (χ2v) is 6.64. The number of nitrogens with zero attached hydrogens (tertiary/aromatic N) is 1. The summed E-state index contributed by atoms with van der Waals surface area (Å²) in [7, 11) is 0. The van der Waals surface area contributed by atoms with Gasteiger partial charge in [0.15, 0.2) is 11.4 Å². The van der Waals surface area contributed by atoms with Gasteiger partial charge in [0.2, 0.25) is 0 Å². The van der Waals surface area contributed by atoms with Crippen molar-refractivity contribution in [1.82, 2.24) is 5.16 Å². The van der Waals surface area contributed by atoms with Crippen LogP contribution in [0.4, 0.5) is 10.2 Å². The molecule has 4 nitrogen and oxygen atoms in total. The van der Waals surface area contributed by atoms with Crippen LogP contribution < -0.4 is 10.5 Å². The fourth-order valence-electron chi connectivity index (χ4n) is 2.85. The second-order valence-electron chi connectivity index (χ2n) is 6.64. The van der Waals surface area contributed by atoms with Gasteiger partial charge >= 0.3 is 0 Å². The van der Waals surface area contributed by atoms with Crippen LogP contribution in [0.2, 0.25) is 0 Å². The quantitative estimate of drug-likeness (QED) is 0.692. The van der Waals surface area contributed by atoms with Crippen molar-refractivity contribution in [2.75, 3.05) is 12.3 Å². The van der Waals surface area contributed by atoms with Crippen LogP contribution in [-0.4, -0.2) is 11.8 Å². The van der Waals surface area contributed by atoms with E-state index < -0.39 is 5.82 Å². The highest BCUT2D eigenvalue weighted by molar-refractivity contribution is 5.88. The van der Waals surface area contributed by atoms with E-state index in [1.165, 1.54) is 18.9 Å². The average molecular weight is 322 g/mol. The van der Waals surface area contributed by atoms with E-state index in [9.17, 15) is 4.39 Å². The molecule has 0 saturated carbocycles. The molecule has 0 bridgehead atoms. The molecule has 0 saturated heterocycles. The maximum Gasteiger partial charge on any atom is 0.177 e. The summed E-state index contributed by atoms with van der Waals surface area (Å²) in [5.41, 5.74) is 5.91. The van der Waals surface area contributed by atoms with Crippen LogP contribution in [0.3, 0.4) is 0 Å². The van der Waals surface area contributed by atoms with Gasteiger partial charge in [-0.15, -0.1) is 0 Å². The molecule has 1 heterocycles. The van der Waals surface area contributed by atoms with E-state index in [2.05, 4.69) is 25.9 Å². The summed E-state index contributed by atoms with van der Waals surface area (Å²) < 4.78 is 24.9. The van der Waals surface area contributed by atoms with Crippen molar-refractivity contribution in [3.63, 3.8) is 0 Å². The predicted octanol–water partition coefficient (Wildman–Crippen LogP) is 5.17. The molecule has 0 spiro atoms. The van der Waals surface area contributed by atoms with Crippen LogP contribution in [0.15, 0.2) is 16.7 Å². The number of nitrogens with two attached hydrogens (primary N) is 1. The number of nitrogen functional groups attached to an aromatic ring is 1. The number of benzene rings is 1. The van der Waals surface area contributed by atoms with Gasteiger partial charge in [-0.3, -0.25) is 0 Å². The SMILES string of the molecule is CCCC(CCCC(C)C)COc1cc(F)c2c(N)noc2c1. The van der Waals surface area contributed by atoms with Crippen LogP contribution in [0.5, 0.6) is 5.75 Å². The molecule has 1 aromatic carbocycles. The smallest absolute Gasteiger partial charge is 0.177 e. The molecule has 0 aliphatic heterocycles. The minimum Gasteiger partial charge on any atom is -0.493 e. The first-order valence-corrected chi connectivity index (χ1v) is 8.48. The van der Waals surface area contributed by atoms with E-state index in [0.29, 0.717) is 23.9 Å². The second kappa shape index (κ2) is 8.18. The molecule has 2 N–H and O–H groups in total. The lowest BCUT2D eigenvalue weighted by Crippen LogP contribution is -2.12. The number of aromatic nitrogens is 1. The van der Waals surface area contributed by atoms with Gasteiger partial charge in [-0.25, -0.2) is 4.39 Å². The summed E-state index contributed by atoms with van der Waals surface area (Å²) in [6, 6.07) is 3.01. The van der Waals surface area contributed by atoms with Gasteiger partial charge in [-0.1, -0.05) is 45.2 Å². The Balaban J connectivity index is 1.97. The Morgan fingerprint density at radius 2 is 2.04 bits per heavy atom. The number of anilines is 1. The number of hydrogen-bond donors (Lipinski definition) is 1. The molecule has 128 valence electrons. The molecular formula is C18H27FN2O2. The molecule has 5 heteroatoms. The Morgan fingerprint density at radius 3 is 2.74 bits per heavy atom. The number of rotatable bonds is 9. The van der Waals surface area contributed by atoms with Gasteiger partial charge in [0.25, 0.3) is 0 Å². The van der Waals surface area contributed by atoms with Crippen LogP contribution in [0.25, 0.3) is 11.0 Å². The molecule has 1 atom stereocenters. The van der Waals surface area contributed by atoms with Crippen molar-refractivity contribution in [1.29, 1.82) is 0 Å². The van der Waals surface area contributed by atoms with Gasteiger partial charge in [-0.2, -0.15) is 0 Å². The van der Waals surface area contributed by atoms with E-state index in [1.807, 2.05) is 0 Å². The summed E-state index contributed by atoms with van der Waals surface area (Å²) in [6.45, 7) is 7.26. The molecule has 2 rings (SSSR count). The summed E-state index contributed by atoms with van der Waals surface area (Å²) in [5, 5.41) is 3.81. The van der Waals surface area contributed by atoms with Crippen LogP contribution in [-0.2, 0) is 0 Å². The van der Waals surface area contributed by atoms with Gasteiger partial charge in [-0.05, 0) is 24.7 Å². The number of ether oxygens (including phenoxy) is 1. The van der Waals surface area contributed by atoms with E-state index in [1.54, 1.807) is 6.07 Å². The zero-order valence-corrected chi connectivity index (χ0v) is 14.3. The molecule has 1 aromatic heterocycles. The average Bonchev–Trinajstić information content (AvgIpc) is 2.86. The van der Waals surface area contributed by atoms with E-state index in [0.717, 1.165) is 25.2 Å². The first-order chi connectivity index (χ1) is 11.0. The van der Waals surface area contributed by atoms with Crippen molar-refractivity contribution in [3.05, 3.63) is 17.9 Å². The largest absolute Gasteiger partial charge is 0.493 e. The minimum atomic E-state index is -0.455. The number of fused-ring (bicyclic) bond motifs is 1. The normalized spacial score (nSPS) is 12.9. The molecule has 0 amide bonds.